The van der Waals surface area contributed by atoms with E-state index in [0.717, 1.165) is 25.0 Å². The SMILES string of the molecule is NC1(C(=O)O)CCCC1CCSc1ccc(F)c(F)c1. The molecule has 110 valence electrons. The lowest BCUT2D eigenvalue weighted by atomic mass is 9.86. The molecular weight excluding hydrogens is 284 g/mol. The summed E-state index contributed by atoms with van der Waals surface area (Å²) in [5.74, 6) is -2.09. The Bertz CT molecular complexity index is 512. The highest BCUT2D eigenvalue weighted by Crippen LogP contribution is 2.37. The second-order valence-corrected chi connectivity index (χ2v) is 6.32. The lowest BCUT2D eigenvalue weighted by Gasteiger charge is -2.26. The molecule has 20 heavy (non-hydrogen) atoms. The molecule has 3 nitrogen and oxygen atoms in total. The lowest BCUT2D eigenvalue weighted by molar-refractivity contribution is -0.144. The minimum Gasteiger partial charge on any atom is -0.480 e. The Labute approximate surface area is 120 Å². The third-order valence-corrected chi connectivity index (χ3v) is 4.92. The van der Waals surface area contributed by atoms with Crippen LogP contribution < -0.4 is 5.73 Å². The molecule has 1 aliphatic rings. The number of carboxylic acids is 1. The molecule has 1 aliphatic carbocycles. The molecule has 2 unspecified atom stereocenters. The Morgan fingerprint density at radius 2 is 2.20 bits per heavy atom. The fraction of sp³-hybridized carbons (Fsp3) is 0.500. The van der Waals surface area contributed by atoms with E-state index in [4.69, 9.17) is 5.73 Å². The van der Waals surface area contributed by atoms with Gasteiger partial charge in [0.2, 0.25) is 0 Å². The summed E-state index contributed by atoms with van der Waals surface area (Å²) in [5.41, 5.74) is 4.82. The maximum atomic E-state index is 13.1. The van der Waals surface area contributed by atoms with E-state index in [1.54, 1.807) is 0 Å². The molecule has 0 bridgehead atoms. The van der Waals surface area contributed by atoms with Crippen LogP contribution in [0.15, 0.2) is 23.1 Å². The zero-order valence-corrected chi connectivity index (χ0v) is 11.8. The molecule has 3 N–H and O–H groups in total. The predicted molar refractivity (Wildman–Crippen MR) is 73.6 cm³/mol. The molecule has 0 spiro atoms. The van der Waals surface area contributed by atoms with Crippen molar-refractivity contribution < 1.29 is 18.7 Å². The second-order valence-electron chi connectivity index (χ2n) is 5.15. The van der Waals surface area contributed by atoms with Crippen LogP contribution in [0, 0.1) is 17.6 Å². The molecule has 2 atom stereocenters. The van der Waals surface area contributed by atoms with Crippen molar-refractivity contribution in [2.45, 2.75) is 36.1 Å². The van der Waals surface area contributed by atoms with Gasteiger partial charge in [-0.3, -0.25) is 4.79 Å². The van der Waals surface area contributed by atoms with Crippen LogP contribution in [0.3, 0.4) is 0 Å². The highest BCUT2D eigenvalue weighted by atomic mass is 32.2. The normalized spacial score (nSPS) is 25.9. The Kier molecular flexibility index (Phi) is 4.65. The van der Waals surface area contributed by atoms with Crippen molar-refractivity contribution in [3.63, 3.8) is 0 Å². The first-order valence-corrected chi connectivity index (χ1v) is 7.52. The van der Waals surface area contributed by atoms with E-state index >= 15 is 0 Å². The van der Waals surface area contributed by atoms with Crippen LogP contribution in [0.2, 0.25) is 0 Å². The summed E-state index contributed by atoms with van der Waals surface area (Å²) in [6.45, 7) is 0. The minimum absolute atomic E-state index is 0.0576. The highest BCUT2D eigenvalue weighted by Gasteiger charge is 2.45. The second kappa shape index (κ2) is 6.10. The van der Waals surface area contributed by atoms with Gasteiger partial charge in [-0.05, 0) is 49.1 Å². The number of benzene rings is 1. The zero-order chi connectivity index (χ0) is 14.8. The van der Waals surface area contributed by atoms with E-state index in [-0.39, 0.29) is 5.92 Å². The number of hydrogen-bond donors (Lipinski definition) is 2. The standard InChI is InChI=1S/C14H17F2NO2S/c15-11-4-3-10(8-12(11)16)20-7-5-9-2-1-6-14(9,17)13(18)19/h3-4,8-9H,1-2,5-7,17H2,(H,18,19). The van der Waals surface area contributed by atoms with E-state index in [1.807, 2.05) is 0 Å². The molecule has 0 heterocycles. The Morgan fingerprint density at radius 1 is 1.45 bits per heavy atom. The average molecular weight is 301 g/mol. The van der Waals surface area contributed by atoms with Crippen molar-refractivity contribution in [2.24, 2.45) is 11.7 Å². The number of halogens is 2. The van der Waals surface area contributed by atoms with Gasteiger partial charge in [0.05, 0.1) is 0 Å². The quantitative estimate of drug-likeness (QED) is 0.821. The van der Waals surface area contributed by atoms with Crippen LogP contribution in [0.4, 0.5) is 8.78 Å². The molecule has 1 fully saturated rings. The van der Waals surface area contributed by atoms with Crippen LogP contribution in [0.25, 0.3) is 0 Å². The van der Waals surface area contributed by atoms with Crippen LogP contribution in [0.1, 0.15) is 25.7 Å². The third-order valence-electron chi connectivity index (χ3n) is 3.90. The Hall–Kier alpha value is -1.14. The maximum absolute atomic E-state index is 13.1. The molecule has 0 saturated heterocycles. The first-order valence-electron chi connectivity index (χ1n) is 6.53. The summed E-state index contributed by atoms with van der Waals surface area (Å²) >= 11 is 1.39. The van der Waals surface area contributed by atoms with E-state index in [9.17, 15) is 18.7 Å². The van der Waals surface area contributed by atoms with E-state index in [1.165, 1.54) is 17.8 Å². The van der Waals surface area contributed by atoms with E-state index < -0.39 is 23.1 Å². The lowest BCUT2D eigenvalue weighted by Crippen LogP contribution is -2.51. The van der Waals surface area contributed by atoms with Gasteiger partial charge in [-0.25, -0.2) is 8.78 Å². The predicted octanol–water partition coefficient (Wildman–Crippen LogP) is 3.03. The molecule has 0 amide bonds. The van der Waals surface area contributed by atoms with Gasteiger partial charge in [-0.2, -0.15) is 0 Å². The molecule has 0 radical (unpaired) electrons. The first-order chi connectivity index (χ1) is 9.43. The van der Waals surface area contributed by atoms with Crippen molar-refractivity contribution >= 4 is 17.7 Å². The average Bonchev–Trinajstić information content (AvgIpc) is 2.77. The van der Waals surface area contributed by atoms with Crippen molar-refractivity contribution in [3.8, 4) is 0 Å². The monoisotopic (exact) mass is 301 g/mol. The van der Waals surface area contributed by atoms with Crippen molar-refractivity contribution in [1.29, 1.82) is 0 Å². The maximum Gasteiger partial charge on any atom is 0.323 e. The van der Waals surface area contributed by atoms with Crippen molar-refractivity contribution in [3.05, 3.63) is 29.8 Å². The fourth-order valence-electron chi connectivity index (χ4n) is 2.67. The molecule has 0 aliphatic heterocycles. The molecule has 1 aromatic rings. The van der Waals surface area contributed by atoms with Gasteiger partial charge in [0, 0.05) is 4.90 Å². The van der Waals surface area contributed by atoms with Gasteiger partial charge < -0.3 is 10.8 Å². The molecule has 1 aromatic carbocycles. The van der Waals surface area contributed by atoms with Crippen LogP contribution >= 0.6 is 11.8 Å². The number of aliphatic carboxylic acids is 1. The molecule has 0 aromatic heterocycles. The fourth-order valence-corrected chi connectivity index (χ4v) is 3.66. The van der Waals surface area contributed by atoms with Gasteiger partial charge in [-0.1, -0.05) is 6.42 Å². The van der Waals surface area contributed by atoms with Gasteiger partial charge >= 0.3 is 5.97 Å². The number of rotatable bonds is 5. The van der Waals surface area contributed by atoms with Gasteiger partial charge in [0.25, 0.3) is 0 Å². The molecule has 6 heteroatoms. The Morgan fingerprint density at radius 3 is 2.85 bits per heavy atom. The summed E-state index contributed by atoms with van der Waals surface area (Å²) < 4.78 is 25.8. The molecule has 1 saturated carbocycles. The zero-order valence-electron chi connectivity index (χ0n) is 10.9. The van der Waals surface area contributed by atoms with Crippen molar-refractivity contribution in [2.75, 3.05) is 5.75 Å². The Balaban J connectivity index is 1.89. The first kappa shape index (κ1) is 15.3. The van der Waals surface area contributed by atoms with Crippen LogP contribution in [-0.2, 0) is 4.79 Å². The summed E-state index contributed by atoms with van der Waals surface area (Å²) in [5, 5.41) is 9.20. The topological polar surface area (TPSA) is 63.3 Å². The third kappa shape index (κ3) is 3.12. The molecular formula is C14H17F2NO2S. The summed E-state index contributed by atoms with van der Waals surface area (Å²) in [6, 6.07) is 3.77. The van der Waals surface area contributed by atoms with E-state index in [2.05, 4.69) is 0 Å². The van der Waals surface area contributed by atoms with Crippen LogP contribution in [0.5, 0.6) is 0 Å². The number of nitrogens with two attached hydrogens (primary N) is 1. The van der Waals surface area contributed by atoms with Gasteiger partial charge in [0.1, 0.15) is 5.54 Å². The highest BCUT2D eigenvalue weighted by molar-refractivity contribution is 7.99. The smallest absolute Gasteiger partial charge is 0.323 e. The number of hydrogen-bond acceptors (Lipinski definition) is 3. The number of thioether (sulfide) groups is 1. The van der Waals surface area contributed by atoms with Gasteiger partial charge in [-0.15, -0.1) is 11.8 Å². The molecule has 2 rings (SSSR count). The van der Waals surface area contributed by atoms with Gasteiger partial charge in [0.15, 0.2) is 11.6 Å². The minimum atomic E-state index is -1.13. The number of carboxylic acid groups (broad SMARTS) is 1. The summed E-state index contributed by atoms with van der Waals surface area (Å²) in [6.07, 6.45) is 2.79. The van der Waals surface area contributed by atoms with Crippen LogP contribution in [-0.4, -0.2) is 22.4 Å². The largest absolute Gasteiger partial charge is 0.480 e. The van der Waals surface area contributed by atoms with E-state index in [0.29, 0.717) is 23.5 Å². The number of carbonyl (C=O) groups is 1. The summed E-state index contributed by atoms with van der Waals surface area (Å²) in [7, 11) is 0. The summed E-state index contributed by atoms with van der Waals surface area (Å²) in [4.78, 5) is 11.9. The van der Waals surface area contributed by atoms with Crippen molar-refractivity contribution in [1.82, 2.24) is 0 Å².